The summed E-state index contributed by atoms with van der Waals surface area (Å²) in [5.74, 6) is 1.59. The molecular weight excluding hydrogens is 388 g/mol. The molecule has 1 amide bonds. The van der Waals surface area contributed by atoms with Gasteiger partial charge in [-0.25, -0.2) is 0 Å². The predicted octanol–water partition coefficient (Wildman–Crippen LogP) is 3.52. The smallest absolute Gasteiger partial charge is 0.241 e. The van der Waals surface area contributed by atoms with E-state index in [-0.39, 0.29) is 11.9 Å². The molecule has 1 N–H and O–H groups in total. The molecule has 2 atom stereocenters. The van der Waals surface area contributed by atoms with Gasteiger partial charge in [-0.05, 0) is 69.8 Å². The molecule has 31 heavy (non-hydrogen) atoms. The summed E-state index contributed by atoms with van der Waals surface area (Å²) in [5, 5.41) is 3.05. The fraction of sp³-hybridized carbons (Fsp3) is 0.480. The Balaban J connectivity index is 1.25. The highest BCUT2D eigenvalue weighted by molar-refractivity contribution is 5.94. The molecule has 0 saturated carbocycles. The predicted molar refractivity (Wildman–Crippen MR) is 125 cm³/mol. The summed E-state index contributed by atoms with van der Waals surface area (Å²) >= 11 is 0. The molecule has 6 nitrogen and oxygen atoms in total. The van der Waals surface area contributed by atoms with Gasteiger partial charge in [-0.3, -0.25) is 14.6 Å². The number of piperazine rings is 1. The van der Waals surface area contributed by atoms with Crippen LogP contribution in [0.5, 0.6) is 11.5 Å². The summed E-state index contributed by atoms with van der Waals surface area (Å²) in [6.45, 7) is 8.36. The van der Waals surface area contributed by atoms with Gasteiger partial charge in [0.15, 0.2) is 0 Å². The first kappa shape index (κ1) is 21.8. The SMILES string of the molecule is CC(C(=O)Nc1ccc(Oc2ccccc2)cc1)N1CCN(C2CCCN(C)C2)CC1. The fourth-order valence-corrected chi connectivity index (χ4v) is 4.57. The van der Waals surface area contributed by atoms with Crippen LogP contribution in [0.1, 0.15) is 19.8 Å². The summed E-state index contributed by atoms with van der Waals surface area (Å²) in [7, 11) is 2.22. The van der Waals surface area contributed by atoms with Crippen molar-refractivity contribution in [2.45, 2.75) is 31.8 Å². The Hall–Kier alpha value is -2.41. The Morgan fingerprint density at radius 3 is 2.32 bits per heavy atom. The summed E-state index contributed by atoms with van der Waals surface area (Å²) < 4.78 is 5.82. The maximum Gasteiger partial charge on any atom is 0.241 e. The lowest BCUT2D eigenvalue weighted by molar-refractivity contribution is -0.121. The van der Waals surface area contributed by atoms with Gasteiger partial charge in [-0.2, -0.15) is 0 Å². The number of likely N-dealkylation sites (tertiary alicyclic amines) is 1. The lowest BCUT2D eigenvalue weighted by Gasteiger charge is -2.43. The molecule has 2 fully saturated rings. The third-order valence-corrected chi connectivity index (χ3v) is 6.49. The van der Waals surface area contributed by atoms with Crippen molar-refractivity contribution in [3.05, 3.63) is 54.6 Å². The fourth-order valence-electron chi connectivity index (χ4n) is 4.57. The average molecular weight is 423 g/mol. The van der Waals surface area contributed by atoms with Crippen molar-refractivity contribution in [2.24, 2.45) is 0 Å². The average Bonchev–Trinajstić information content (AvgIpc) is 2.81. The van der Waals surface area contributed by atoms with Crippen LogP contribution in [0.25, 0.3) is 0 Å². The minimum absolute atomic E-state index is 0.0441. The number of nitrogens with zero attached hydrogens (tertiary/aromatic N) is 3. The summed E-state index contributed by atoms with van der Waals surface area (Å²) in [6.07, 6.45) is 2.58. The lowest BCUT2D eigenvalue weighted by Crippen LogP contribution is -2.57. The number of hydrogen-bond donors (Lipinski definition) is 1. The number of carbonyl (C=O) groups is 1. The standard InChI is InChI=1S/C25H34N4O2/c1-20(28-15-17-29(18-16-28)22-7-6-14-27(2)19-22)25(30)26-21-10-12-24(13-11-21)31-23-8-4-3-5-9-23/h3-5,8-13,20,22H,6-7,14-19H2,1-2H3,(H,26,30). The van der Waals surface area contributed by atoms with E-state index < -0.39 is 0 Å². The Morgan fingerprint density at radius 2 is 1.65 bits per heavy atom. The zero-order chi connectivity index (χ0) is 21.6. The van der Waals surface area contributed by atoms with Gasteiger partial charge in [0.05, 0.1) is 6.04 Å². The van der Waals surface area contributed by atoms with E-state index in [1.54, 1.807) is 0 Å². The second-order valence-electron chi connectivity index (χ2n) is 8.73. The molecular formula is C25H34N4O2. The van der Waals surface area contributed by atoms with Crippen LogP contribution >= 0.6 is 0 Å². The van der Waals surface area contributed by atoms with E-state index in [1.165, 1.54) is 25.9 Å². The van der Waals surface area contributed by atoms with Crippen LogP contribution in [0.3, 0.4) is 0 Å². The minimum atomic E-state index is -0.142. The van der Waals surface area contributed by atoms with Crippen LogP contribution in [0.4, 0.5) is 5.69 Å². The maximum absolute atomic E-state index is 12.8. The van der Waals surface area contributed by atoms with Gasteiger partial charge in [-0.15, -0.1) is 0 Å². The topological polar surface area (TPSA) is 48.1 Å². The quantitative estimate of drug-likeness (QED) is 0.772. The molecule has 6 heteroatoms. The summed E-state index contributed by atoms with van der Waals surface area (Å²) in [5.41, 5.74) is 0.793. The van der Waals surface area contributed by atoms with Gasteiger partial charge < -0.3 is 15.0 Å². The number of anilines is 1. The van der Waals surface area contributed by atoms with Gasteiger partial charge in [0.1, 0.15) is 11.5 Å². The first-order valence-electron chi connectivity index (χ1n) is 11.4. The minimum Gasteiger partial charge on any atom is -0.457 e. The van der Waals surface area contributed by atoms with Crippen molar-refractivity contribution in [1.29, 1.82) is 0 Å². The van der Waals surface area contributed by atoms with Crippen LogP contribution < -0.4 is 10.1 Å². The molecule has 2 saturated heterocycles. The molecule has 166 valence electrons. The van der Waals surface area contributed by atoms with Crippen molar-refractivity contribution in [3.8, 4) is 11.5 Å². The highest BCUT2D eigenvalue weighted by Crippen LogP contribution is 2.23. The Labute approximate surface area is 185 Å². The molecule has 0 bridgehead atoms. The van der Waals surface area contributed by atoms with Gasteiger partial charge in [-0.1, -0.05) is 18.2 Å². The molecule has 2 aliphatic rings. The number of piperidine rings is 1. The van der Waals surface area contributed by atoms with Crippen LogP contribution in [-0.2, 0) is 4.79 Å². The van der Waals surface area contributed by atoms with E-state index in [1.807, 2.05) is 61.5 Å². The van der Waals surface area contributed by atoms with Gasteiger partial charge >= 0.3 is 0 Å². The second-order valence-corrected chi connectivity index (χ2v) is 8.73. The lowest BCUT2D eigenvalue weighted by atomic mass is 10.0. The molecule has 0 aliphatic carbocycles. The van der Waals surface area contributed by atoms with E-state index >= 15 is 0 Å². The Morgan fingerprint density at radius 1 is 0.968 bits per heavy atom. The first-order valence-corrected chi connectivity index (χ1v) is 11.4. The maximum atomic E-state index is 12.8. The van der Waals surface area contributed by atoms with Gasteiger partial charge in [0.2, 0.25) is 5.91 Å². The molecule has 4 rings (SSSR count). The third-order valence-electron chi connectivity index (χ3n) is 6.49. The van der Waals surface area contributed by atoms with Crippen molar-refractivity contribution >= 4 is 11.6 Å². The molecule has 0 radical (unpaired) electrons. The van der Waals surface area contributed by atoms with Crippen molar-refractivity contribution in [2.75, 3.05) is 51.6 Å². The number of amides is 1. The van der Waals surface area contributed by atoms with Gasteiger partial charge in [0.25, 0.3) is 0 Å². The Bertz CT molecular complexity index is 834. The largest absolute Gasteiger partial charge is 0.457 e. The summed E-state index contributed by atoms with van der Waals surface area (Å²) in [4.78, 5) is 20.2. The number of ether oxygens (including phenoxy) is 1. The molecule has 2 unspecified atom stereocenters. The monoisotopic (exact) mass is 422 g/mol. The van der Waals surface area contributed by atoms with E-state index in [4.69, 9.17) is 4.74 Å². The first-order chi connectivity index (χ1) is 15.1. The zero-order valence-corrected chi connectivity index (χ0v) is 18.7. The normalized spacial score (nSPS) is 22.1. The molecule has 2 heterocycles. The summed E-state index contributed by atoms with van der Waals surface area (Å²) in [6, 6.07) is 17.8. The molecule has 0 aromatic heterocycles. The van der Waals surface area contributed by atoms with E-state index in [0.717, 1.165) is 43.4 Å². The highest BCUT2D eigenvalue weighted by Gasteiger charge is 2.30. The second kappa shape index (κ2) is 10.3. The number of hydrogen-bond acceptors (Lipinski definition) is 5. The number of benzene rings is 2. The number of carbonyl (C=O) groups excluding carboxylic acids is 1. The van der Waals surface area contributed by atoms with E-state index in [0.29, 0.717) is 6.04 Å². The van der Waals surface area contributed by atoms with Crippen LogP contribution in [0.15, 0.2) is 54.6 Å². The van der Waals surface area contributed by atoms with Crippen molar-refractivity contribution in [1.82, 2.24) is 14.7 Å². The zero-order valence-electron chi connectivity index (χ0n) is 18.7. The third kappa shape index (κ3) is 5.85. The number of likely N-dealkylation sites (N-methyl/N-ethyl adjacent to an activating group) is 1. The van der Waals surface area contributed by atoms with Gasteiger partial charge in [0, 0.05) is 44.5 Å². The molecule has 2 aromatic carbocycles. The molecule has 2 aromatic rings. The van der Waals surface area contributed by atoms with Crippen LogP contribution in [0.2, 0.25) is 0 Å². The van der Waals surface area contributed by atoms with Crippen molar-refractivity contribution < 1.29 is 9.53 Å². The van der Waals surface area contributed by atoms with Crippen molar-refractivity contribution in [3.63, 3.8) is 0 Å². The van der Waals surface area contributed by atoms with E-state index in [9.17, 15) is 4.79 Å². The number of para-hydroxylation sites is 1. The van der Waals surface area contributed by atoms with E-state index in [2.05, 4.69) is 27.1 Å². The number of rotatable bonds is 6. The molecule has 0 spiro atoms. The number of nitrogens with one attached hydrogen (secondary N) is 1. The van der Waals surface area contributed by atoms with Crippen LogP contribution in [-0.4, -0.2) is 79.0 Å². The molecule has 2 aliphatic heterocycles. The highest BCUT2D eigenvalue weighted by atomic mass is 16.5. The van der Waals surface area contributed by atoms with Crippen LogP contribution in [0, 0.1) is 0 Å². The Kier molecular flexibility index (Phi) is 7.22.